The van der Waals surface area contributed by atoms with E-state index in [1.807, 2.05) is 6.92 Å². The molecule has 11 heavy (non-hydrogen) atoms. The Morgan fingerprint density at radius 3 is 3.09 bits per heavy atom. The first-order valence-electron chi connectivity index (χ1n) is 3.43. The maximum Gasteiger partial charge on any atom is 0.138 e. The van der Waals surface area contributed by atoms with Gasteiger partial charge in [0.1, 0.15) is 12.2 Å². The van der Waals surface area contributed by atoms with Crippen molar-refractivity contribution in [2.75, 3.05) is 0 Å². The van der Waals surface area contributed by atoms with Gasteiger partial charge in [0.2, 0.25) is 0 Å². The zero-order valence-electron chi connectivity index (χ0n) is 6.41. The van der Waals surface area contributed by atoms with Crippen LogP contribution < -0.4 is 5.73 Å². The Kier molecular flexibility index (Phi) is 2.20. The van der Waals surface area contributed by atoms with Gasteiger partial charge in [-0.15, -0.1) is 0 Å². The van der Waals surface area contributed by atoms with Crippen LogP contribution in [0, 0.1) is 5.41 Å². The molecule has 0 fully saturated rings. The molecule has 0 saturated heterocycles. The van der Waals surface area contributed by atoms with Crippen LogP contribution in [0.25, 0.3) is 0 Å². The lowest BCUT2D eigenvalue weighted by atomic mass is 10.4. The second-order valence-electron chi connectivity index (χ2n) is 2.19. The van der Waals surface area contributed by atoms with Gasteiger partial charge < -0.3 is 5.73 Å². The Morgan fingerprint density at radius 1 is 1.82 bits per heavy atom. The molecule has 0 unspecified atom stereocenters. The number of nitrogens with zero attached hydrogens (tertiary/aromatic N) is 3. The number of hydrogen-bond donors (Lipinski definition) is 2. The van der Waals surface area contributed by atoms with E-state index in [9.17, 15) is 0 Å². The fraction of sp³-hybridized carbons (Fsp3) is 0.500. The lowest BCUT2D eigenvalue weighted by Gasteiger charge is -1.99. The number of amidine groups is 1. The quantitative estimate of drug-likeness (QED) is 0.465. The molecule has 0 spiro atoms. The molecule has 5 heteroatoms. The van der Waals surface area contributed by atoms with Crippen LogP contribution in [0.2, 0.25) is 0 Å². The second-order valence-corrected chi connectivity index (χ2v) is 2.19. The van der Waals surface area contributed by atoms with E-state index in [2.05, 4.69) is 10.1 Å². The number of nitrogens with one attached hydrogen (secondary N) is 1. The van der Waals surface area contributed by atoms with Gasteiger partial charge in [-0.3, -0.25) is 5.41 Å². The van der Waals surface area contributed by atoms with Crippen molar-refractivity contribution in [2.24, 2.45) is 5.73 Å². The lowest BCUT2D eigenvalue weighted by molar-refractivity contribution is 0.629. The van der Waals surface area contributed by atoms with Gasteiger partial charge in [-0.2, -0.15) is 5.10 Å². The fourth-order valence-corrected chi connectivity index (χ4v) is 0.859. The van der Waals surface area contributed by atoms with E-state index < -0.39 is 0 Å². The minimum absolute atomic E-state index is 0.118. The van der Waals surface area contributed by atoms with Gasteiger partial charge in [-0.1, -0.05) is 0 Å². The summed E-state index contributed by atoms with van der Waals surface area (Å²) in [5.41, 5.74) is 5.21. The average molecular weight is 153 g/mol. The van der Waals surface area contributed by atoms with Crippen LogP contribution in [-0.4, -0.2) is 20.6 Å². The van der Waals surface area contributed by atoms with Crippen LogP contribution in [0.1, 0.15) is 12.7 Å². The first-order chi connectivity index (χ1) is 5.24. The molecular weight excluding hydrogens is 142 g/mol. The monoisotopic (exact) mass is 153 g/mol. The van der Waals surface area contributed by atoms with Crippen LogP contribution in [-0.2, 0) is 13.0 Å². The van der Waals surface area contributed by atoms with Crippen molar-refractivity contribution in [1.82, 2.24) is 14.8 Å². The van der Waals surface area contributed by atoms with Gasteiger partial charge in [0.15, 0.2) is 0 Å². The molecule has 0 aliphatic carbocycles. The van der Waals surface area contributed by atoms with Gasteiger partial charge in [0.25, 0.3) is 0 Å². The molecule has 1 aromatic heterocycles. The molecule has 1 aromatic rings. The summed E-state index contributed by atoms with van der Waals surface area (Å²) in [7, 11) is 0. The molecule has 0 aliphatic rings. The molecule has 0 amide bonds. The summed E-state index contributed by atoms with van der Waals surface area (Å²) < 4.78 is 1.72. The summed E-state index contributed by atoms with van der Waals surface area (Å²) >= 11 is 0. The van der Waals surface area contributed by atoms with Gasteiger partial charge in [0.05, 0.1) is 12.3 Å². The highest BCUT2D eigenvalue weighted by Crippen LogP contribution is 1.93. The van der Waals surface area contributed by atoms with Crippen LogP contribution in [0.4, 0.5) is 0 Å². The molecule has 0 aliphatic heterocycles. The number of hydrogen-bond acceptors (Lipinski definition) is 3. The standard InChI is InChI=1S/C6H11N5/c1-2-11-6(3-5(7)8)9-4-10-11/h4H,2-3H2,1H3,(H3,7,8). The number of rotatable bonds is 3. The highest BCUT2D eigenvalue weighted by Gasteiger charge is 2.02. The smallest absolute Gasteiger partial charge is 0.138 e. The first-order valence-corrected chi connectivity index (χ1v) is 3.43. The number of aromatic nitrogens is 3. The maximum atomic E-state index is 7.04. The third-order valence-electron chi connectivity index (χ3n) is 1.34. The molecule has 1 heterocycles. The van der Waals surface area contributed by atoms with Crippen LogP contribution in [0.5, 0.6) is 0 Å². The Morgan fingerprint density at radius 2 is 2.55 bits per heavy atom. The van der Waals surface area contributed by atoms with Crippen molar-refractivity contribution in [2.45, 2.75) is 19.9 Å². The normalized spacial score (nSPS) is 9.91. The molecule has 0 bridgehead atoms. The highest BCUT2D eigenvalue weighted by atomic mass is 15.3. The Labute approximate surface area is 64.7 Å². The topological polar surface area (TPSA) is 80.6 Å². The van der Waals surface area contributed by atoms with Crippen LogP contribution >= 0.6 is 0 Å². The van der Waals surface area contributed by atoms with Crippen LogP contribution in [0.15, 0.2) is 6.33 Å². The molecule has 60 valence electrons. The summed E-state index contributed by atoms with van der Waals surface area (Å²) in [5.74, 6) is 0.868. The minimum atomic E-state index is 0.118. The molecule has 5 nitrogen and oxygen atoms in total. The largest absolute Gasteiger partial charge is 0.387 e. The van der Waals surface area contributed by atoms with E-state index in [0.29, 0.717) is 6.42 Å². The minimum Gasteiger partial charge on any atom is -0.387 e. The fourth-order valence-electron chi connectivity index (χ4n) is 0.859. The van der Waals surface area contributed by atoms with Gasteiger partial charge in [0, 0.05) is 6.54 Å². The molecule has 3 N–H and O–H groups in total. The molecule has 0 atom stereocenters. The summed E-state index contributed by atoms with van der Waals surface area (Å²) in [5, 5.41) is 11.0. The van der Waals surface area contributed by atoms with Gasteiger partial charge >= 0.3 is 0 Å². The van der Waals surface area contributed by atoms with E-state index in [0.717, 1.165) is 12.4 Å². The third kappa shape index (κ3) is 1.76. The van der Waals surface area contributed by atoms with Gasteiger partial charge in [-0.05, 0) is 6.92 Å². The summed E-state index contributed by atoms with van der Waals surface area (Å²) in [6, 6.07) is 0. The lowest BCUT2D eigenvalue weighted by Crippen LogP contribution is -2.16. The van der Waals surface area contributed by atoms with E-state index >= 15 is 0 Å². The van der Waals surface area contributed by atoms with Crippen molar-refractivity contribution < 1.29 is 0 Å². The maximum absolute atomic E-state index is 7.04. The second kappa shape index (κ2) is 3.14. The van der Waals surface area contributed by atoms with E-state index in [1.54, 1.807) is 4.68 Å². The van der Waals surface area contributed by atoms with Crippen molar-refractivity contribution in [1.29, 1.82) is 5.41 Å². The van der Waals surface area contributed by atoms with Crippen molar-refractivity contribution in [3.63, 3.8) is 0 Å². The predicted molar refractivity (Wildman–Crippen MR) is 41.3 cm³/mol. The average Bonchev–Trinajstić information content (AvgIpc) is 2.34. The van der Waals surface area contributed by atoms with E-state index in [1.165, 1.54) is 6.33 Å². The molecule has 0 aromatic carbocycles. The molecule has 0 radical (unpaired) electrons. The Balaban J connectivity index is 2.76. The molecular formula is C6H11N5. The number of nitrogens with two attached hydrogens (primary N) is 1. The van der Waals surface area contributed by atoms with Gasteiger partial charge in [-0.25, -0.2) is 9.67 Å². The zero-order valence-corrected chi connectivity index (χ0v) is 6.41. The highest BCUT2D eigenvalue weighted by molar-refractivity contribution is 5.78. The summed E-state index contributed by atoms with van der Waals surface area (Å²) in [6.45, 7) is 2.74. The van der Waals surface area contributed by atoms with Crippen molar-refractivity contribution >= 4 is 5.84 Å². The SMILES string of the molecule is CCn1ncnc1CC(=N)N. The Hall–Kier alpha value is -1.39. The number of aryl methyl sites for hydroxylation is 1. The van der Waals surface area contributed by atoms with Crippen molar-refractivity contribution in [3.8, 4) is 0 Å². The predicted octanol–water partition coefficient (Wildman–Crippen LogP) is -0.224. The molecule has 0 saturated carbocycles. The van der Waals surface area contributed by atoms with Crippen molar-refractivity contribution in [3.05, 3.63) is 12.2 Å². The van der Waals surface area contributed by atoms with E-state index in [4.69, 9.17) is 11.1 Å². The molecule has 1 rings (SSSR count). The zero-order chi connectivity index (χ0) is 8.27. The first kappa shape index (κ1) is 7.71. The summed E-state index contributed by atoms with van der Waals surface area (Å²) in [6.07, 6.45) is 1.86. The van der Waals surface area contributed by atoms with Crippen LogP contribution in [0.3, 0.4) is 0 Å². The third-order valence-corrected chi connectivity index (χ3v) is 1.34. The summed E-state index contributed by atoms with van der Waals surface area (Å²) in [4.78, 5) is 3.96. The van der Waals surface area contributed by atoms with E-state index in [-0.39, 0.29) is 5.84 Å². The Bertz CT molecular complexity index is 251.